The zero-order valence-electron chi connectivity index (χ0n) is 21.7. The minimum atomic E-state index is -4.95. The zero-order chi connectivity index (χ0) is 29.9. The number of hydrogen-bond donors (Lipinski definition) is 6. The van der Waals surface area contributed by atoms with Crippen molar-refractivity contribution in [3.05, 3.63) is 57.4 Å². The number of esters is 1. The van der Waals surface area contributed by atoms with Gasteiger partial charge in [0.15, 0.2) is 12.3 Å². The third-order valence-electron chi connectivity index (χ3n) is 5.33. The van der Waals surface area contributed by atoms with E-state index in [1.807, 2.05) is 4.98 Å². The van der Waals surface area contributed by atoms with Crippen molar-refractivity contribution < 1.29 is 48.3 Å². The summed E-state index contributed by atoms with van der Waals surface area (Å²) in [4.78, 5) is 38.0. The fourth-order valence-corrected chi connectivity index (χ4v) is 5.22. The number of aromatic nitrogens is 3. The molecule has 1 aliphatic rings. The van der Waals surface area contributed by atoms with E-state index in [1.165, 1.54) is 38.1 Å². The van der Waals surface area contributed by atoms with Crippen LogP contribution in [-0.2, 0) is 23.4 Å². The van der Waals surface area contributed by atoms with Crippen LogP contribution in [0.3, 0.4) is 0 Å². The minimum absolute atomic E-state index is 0.0818. The molecule has 1 aromatic carbocycles. The summed E-state index contributed by atoms with van der Waals surface area (Å²) in [5, 5.41) is 49.6. The Bertz CT molecular complexity index is 1430. The van der Waals surface area contributed by atoms with Crippen LogP contribution < -0.4 is 20.9 Å². The van der Waals surface area contributed by atoms with Gasteiger partial charge in [-0.05, 0) is 39.8 Å². The third kappa shape index (κ3) is 6.84. The van der Waals surface area contributed by atoms with Crippen LogP contribution in [-0.4, -0.2) is 77.1 Å². The van der Waals surface area contributed by atoms with Crippen LogP contribution in [0.2, 0.25) is 0 Å². The molecule has 1 fully saturated rings. The summed E-state index contributed by atoms with van der Waals surface area (Å²) in [5.41, 5.74) is -4.80. The standard InChI is InChI=1S/C23H29N4O12P/c1-5-11-22(32)17(29)18(37-20(22)27-21(31)25-16(28)12-24-27)23(33,34)39-40(35,38-15-9-7-6-8-10-15)26-14(4)19(30)36-13(2)3/h6-10,12-14,17-18,20,29,32-34H,1-4H3,(H,26,35)(H,25,28,31)/t14-,17-,18-,20+,22?,40+/m0/s1. The number of nitrogens with zero attached hydrogens (tertiary/aromatic N) is 2. The van der Waals surface area contributed by atoms with Gasteiger partial charge in [-0.2, -0.15) is 14.9 Å². The summed E-state index contributed by atoms with van der Waals surface area (Å²) in [5.74, 6) is -0.169. The molecular formula is C23H29N4O12P. The highest BCUT2D eigenvalue weighted by atomic mass is 31.2. The van der Waals surface area contributed by atoms with Crippen LogP contribution in [0.1, 0.15) is 33.9 Å². The van der Waals surface area contributed by atoms with Crippen LogP contribution in [0.5, 0.6) is 5.75 Å². The van der Waals surface area contributed by atoms with E-state index in [-0.39, 0.29) is 5.75 Å². The number of aliphatic hydroxyl groups excluding tert-OH is 1. The molecule has 40 heavy (non-hydrogen) atoms. The van der Waals surface area contributed by atoms with Crippen LogP contribution in [0.15, 0.2) is 46.1 Å². The highest BCUT2D eigenvalue weighted by molar-refractivity contribution is 7.52. The van der Waals surface area contributed by atoms with Gasteiger partial charge in [0, 0.05) is 0 Å². The van der Waals surface area contributed by atoms with Crippen LogP contribution in [0.4, 0.5) is 0 Å². The molecular weight excluding hydrogens is 555 g/mol. The van der Waals surface area contributed by atoms with Crippen molar-refractivity contribution in [2.24, 2.45) is 0 Å². The van der Waals surface area contributed by atoms with Gasteiger partial charge in [0.05, 0.1) is 6.10 Å². The first-order chi connectivity index (χ1) is 18.6. The number of aromatic amines is 1. The number of aliphatic hydroxyl groups is 4. The van der Waals surface area contributed by atoms with E-state index < -0.39 is 67.1 Å². The number of benzene rings is 1. The van der Waals surface area contributed by atoms with E-state index >= 15 is 0 Å². The highest BCUT2D eigenvalue weighted by Gasteiger charge is 2.64. The number of rotatable bonds is 10. The van der Waals surface area contributed by atoms with Crippen molar-refractivity contribution in [1.29, 1.82) is 0 Å². The molecule has 1 saturated heterocycles. The second-order valence-corrected chi connectivity index (χ2v) is 10.5. The van der Waals surface area contributed by atoms with E-state index in [9.17, 15) is 39.4 Å². The van der Waals surface area contributed by atoms with Crippen molar-refractivity contribution in [3.8, 4) is 17.6 Å². The van der Waals surface area contributed by atoms with Crippen molar-refractivity contribution >= 4 is 13.7 Å². The summed E-state index contributed by atoms with van der Waals surface area (Å²) < 4.78 is 35.0. The van der Waals surface area contributed by atoms with Gasteiger partial charge in [-0.3, -0.25) is 14.6 Å². The molecule has 0 spiro atoms. The normalized spacial score (nSPS) is 25.0. The Morgan fingerprint density at radius 3 is 2.50 bits per heavy atom. The number of para-hydroxylation sites is 1. The van der Waals surface area contributed by atoms with Crippen molar-refractivity contribution in [1.82, 2.24) is 19.9 Å². The average Bonchev–Trinajstić information content (AvgIpc) is 3.10. The number of carbonyl (C=O) groups is 1. The Kier molecular flexibility index (Phi) is 9.35. The average molecular weight is 584 g/mol. The van der Waals surface area contributed by atoms with Gasteiger partial charge in [-0.15, -0.1) is 5.92 Å². The molecule has 17 heteroatoms. The lowest BCUT2D eigenvalue weighted by molar-refractivity contribution is -0.354. The van der Waals surface area contributed by atoms with E-state index in [1.54, 1.807) is 19.9 Å². The largest absolute Gasteiger partial charge is 0.463 e. The van der Waals surface area contributed by atoms with E-state index in [2.05, 4.69) is 22.0 Å². The van der Waals surface area contributed by atoms with Crippen molar-refractivity contribution in [2.75, 3.05) is 0 Å². The second-order valence-electron chi connectivity index (χ2n) is 8.93. The van der Waals surface area contributed by atoms with Crippen molar-refractivity contribution in [3.63, 3.8) is 0 Å². The van der Waals surface area contributed by atoms with Gasteiger partial charge in [0.1, 0.15) is 24.1 Å². The Hall–Kier alpha value is -3.39. The number of H-pyrrole nitrogens is 1. The summed E-state index contributed by atoms with van der Waals surface area (Å²) >= 11 is 0. The molecule has 0 amide bonds. The summed E-state index contributed by atoms with van der Waals surface area (Å²) in [6.45, 7) is 5.66. The Morgan fingerprint density at radius 2 is 1.93 bits per heavy atom. The van der Waals surface area contributed by atoms with Gasteiger partial charge < -0.3 is 34.4 Å². The first-order valence-corrected chi connectivity index (χ1v) is 13.3. The molecule has 0 aliphatic carbocycles. The summed E-state index contributed by atoms with van der Waals surface area (Å²) in [7, 11) is -4.95. The van der Waals surface area contributed by atoms with Gasteiger partial charge in [0.2, 0.25) is 5.60 Å². The quantitative estimate of drug-likeness (QED) is 0.0826. The van der Waals surface area contributed by atoms with E-state index in [0.29, 0.717) is 10.9 Å². The van der Waals surface area contributed by atoms with E-state index in [0.717, 1.165) is 0 Å². The second kappa shape index (κ2) is 12.0. The first-order valence-electron chi connectivity index (χ1n) is 11.8. The third-order valence-corrected chi connectivity index (χ3v) is 6.99. The molecule has 6 atom stereocenters. The van der Waals surface area contributed by atoms with E-state index in [4.69, 9.17) is 18.5 Å². The first kappa shape index (κ1) is 31.1. The maximum atomic E-state index is 13.8. The SMILES string of the molecule is CC#CC1(O)[C@@H](O)[C@@H](C(O)(O)O[P@@](=O)(N[C@@H](C)C(=O)OC(C)C)Oc2ccccc2)O[C@H]1n1ncc(=O)[nH]c1=O. The van der Waals surface area contributed by atoms with Gasteiger partial charge in [0.25, 0.3) is 5.56 Å². The molecule has 1 aliphatic heterocycles. The van der Waals surface area contributed by atoms with Gasteiger partial charge in [-0.1, -0.05) is 24.1 Å². The van der Waals surface area contributed by atoms with Crippen molar-refractivity contribution in [2.45, 2.75) is 69.9 Å². The molecule has 0 bridgehead atoms. The maximum Gasteiger partial charge on any atom is 0.463 e. The fourth-order valence-electron chi connectivity index (χ4n) is 3.64. The maximum absolute atomic E-state index is 13.8. The van der Waals surface area contributed by atoms with Crippen LogP contribution in [0.25, 0.3) is 0 Å². The Balaban J connectivity index is 1.99. The Morgan fingerprint density at radius 1 is 1.27 bits per heavy atom. The number of hydrogen-bond acceptors (Lipinski definition) is 13. The number of nitrogens with one attached hydrogen (secondary N) is 2. The zero-order valence-corrected chi connectivity index (χ0v) is 22.6. The molecule has 1 unspecified atom stereocenters. The van der Waals surface area contributed by atoms with Gasteiger partial charge in [-0.25, -0.2) is 13.9 Å². The molecule has 16 nitrogen and oxygen atoms in total. The number of ether oxygens (including phenoxy) is 2. The lowest BCUT2D eigenvalue weighted by Gasteiger charge is -2.33. The van der Waals surface area contributed by atoms with Gasteiger partial charge >= 0.3 is 25.4 Å². The predicted molar refractivity (Wildman–Crippen MR) is 134 cm³/mol. The lowest BCUT2D eigenvalue weighted by Crippen LogP contribution is -2.55. The molecule has 2 aromatic rings. The fraction of sp³-hybridized carbons (Fsp3) is 0.478. The minimum Gasteiger partial charge on any atom is -0.462 e. The molecule has 218 valence electrons. The molecule has 0 saturated carbocycles. The lowest BCUT2D eigenvalue weighted by atomic mass is 9.93. The molecule has 1 aromatic heterocycles. The molecule has 3 rings (SSSR count). The topological polar surface area (TPSA) is 232 Å². The number of carbonyl (C=O) groups excluding carboxylic acids is 1. The highest BCUT2D eigenvalue weighted by Crippen LogP contribution is 2.51. The molecule has 2 heterocycles. The molecule has 6 N–H and O–H groups in total. The predicted octanol–water partition coefficient (Wildman–Crippen LogP) is -1.28. The smallest absolute Gasteiger partial charge is 0.462 e. The summed E-state index contributed by atoms with van der Waals surface area (Å²) in [6, 6.07) is 5.96. The summed E-state index contributed by atoms with van der Waals surface area (Å²) in [6.07, 6.45) is -6.61. The molecule has 0 radical (unpaired) electrons. The van der Waals surface area contributed by atoms with Crippen LogP contribution >= 0.6 is 7.75 Å². The van der Waals surface area contributed by atoms with Crippen LogP contribution in [0, 0.1) is 11.8 Å². The monoisotopic (exact) mass is 584 g/mol. The Labute approximate surface area is 227 Å².